The van der Waals surface area contributed by atoms with E-state index in [1.165, 1.54) is 6.39 Å². The molecular formula is C10H15N3O2. The number of nitrogens with two attached hydrogens (primary N) is 1. The third kappa shape index (κ3) is 2.18. The van der Waals surface area contributed by atoms with Crippen molar-refractivity contribution in [3.63, 3.8) is 0 Å². The van der Waals surface area contributed by atoms with Gasteiger partial charge in [-0.15, -0.1) is 0 Å². The van der Waals surface area contributed by atoms with Crippen LogP contribution in [0.2, 0.25) is 0 Å². The topological polar surface area (TPSA) is 81.2 Å². The van der Waals surface area contributed by atoms with E-state index in [2.05, 4.69) is 10.3 Å². The van der Waals surface area contributed by atoms with E-state index in [1.807, 2.05) is 0 Å². The van der Waals surface area contributed by atoms with Gasteiger partial charge in [0.1, 0.15) is 5.76 Å². The lowest BCUT2D eigenvalue weighted by atomic mass is 10.2. The molecule has 1 amide bonds. The molecule has 1 aliphatic rings. The second kappa shape index (κ2) is 4.02. The van der Waals surface area contributed by atoms with Crippen LogP contribution >= 0.6 is 0 Å². The highest BCUT2D eigenvalue weighted by Gasteiger charge is 2.32. The Morgan fingerprint density at radius 2 is 2.53 bits per heavy atom. The molecule has 0 aliphatic heterocycles. The van der Waals surface area contributed by atoms with Crippen molar-refractivity contribution in [3.8, 4) is 0 Å². The Labute approximate surface area is 88.0 Å². The van der Waals surface area contributed by atoms with Crippen LogP contribution in [-0.2, 0) is 0 Å². The van der Waals surface area contributed by atoms with Crippen LogP contribution in [0.1, 0.15) is 29.1 Å². The van der Waals surface area contributed by atoms with Gasteiger partial charge in [0.2, 0.25) is 0 Å². The van der Waals surface area contributed by atoms with Crippen LogP contribution in [0.15, 0.2) is 10.8 Å². The highest BCUT2D eigenvalue weighted by molar-refractivity contribution is 5.93. The van der Waals surface area contributed by atoms with E-state index < -0.39 is 0 Å². The lowest BCUT2D eigenvalue weighted by Gasteiger charge is -2.14. The van der Waals surface area contributed by atoms with Crippen LogP contribution in [-0.4, -0.2) is 23.5 Å². The maximum absolute atomic E-state index is 11.7. The first-order valence-corrected chi connectivity index (χ1v) is 5.13. The number of hydrogen-bond acceptors (Lipinski definition) is 4. The lowest BCUT2D eigenvalue weighted by Crippen LogP contribution is -2.42. The molecule has 0 bridgehead atoms. The molecule has 1 aliphatic carbocycles. The number of amides is 1. The second-order valence-corrected chi connectivity index (χ2v) is 3.91. The maximum atomic E-state index is 11.7. The van der Waals surface area contributed by atoms with E-state index in [0.717, 1.165) is 12.8 Å². The summed E-state index contributed by atoms with van der Waals surface area (Å²) in [4.78, 5) is 15.6. The van der Waals surface area contributed by atoms with E-state index >= 15 is 0 Å². The van der Waals surface area contributed by atoms with E-state index in [4.69, 9.17) is 10.2 Å². The molecule has 3 N–H and O–H groups in total. The Balaban J connectivity index is 1.99. The standard InChI is InChI=1S/C10H15N3O2/c1-6-9(12-5-15-6)10(14)13-8(4-11)7-2-3-7/h5,7-8H,2-4,11H2,1H3,(H,13,14). The van der Waals surface area contributed by atoms with E-state index in [-0.39, 0.29) is 11.9 Å². The summed E-state index contributed by atoms with van der Waals surface area (Å²) in [6, 6.07) is 0.0774. The van der Waals surface area contributed by atoms with E-state index in [9.17, 15) is 4.79 Å². The fraction of sp³-hybridized carbons (Fsp3) is 0.600. The minimum absolute atomic E-state index is 0.0774. The fourth-order valence-corrected chi connectivity index (χ4v) is 1.63. The number of nitrogens with zero attached hydrogens (tertiary/aromatic N) is 1. The van der Waals surface area contributed by atoms with E-state index in [0.29, 0.717) is 23.9 Å². The van der Waals surface area contributed by atoms with Gasteiger partial charge in [-0.3, -0.25) is 4.79 Å². The largest absolute Gasteiger partial charge is 0.448 e. The summed E-state index contributed by atoms with van der Waals surface area (Å²) < 4.78 is 4.97. The molecule has 1 saturated carbocycles. The number of carbonyl (C=O) groups is 1. The predicted molar refractivity (Wildman–Crippen MR) is 54.3 cm³/mol. The van der Waals surface area contributed by atoms with Crippen molar-refractivity contribution in [2.45, 2.75) is 25.8 Å². The Hall–Kier alpha value is -1.36. The second-order valence-electron chi connectivity index (χ2n) is 3.91. The number of rotatable bonds is 4. The van der Waals surface area contributed by atoms with Crippen LogP contribution < -0.4 is 11.1 Å². The van der Waals surface area contributed by atoms with Crippen LogP contribution in [0.4, 0.5) is 0 Å². The summed E-state index contributed by atoms with van der Waals surface area (Å²) in [5.41, 5.74) is 5.95. The maximum Gasteiger partial charge on any atom is 0.273 e. The van der Waals surface area contributed by atoms with Gasteiger partial charge in [0, 0.05) is 12.6 Å². The molecule has 5 heteroatoms. The fourth-order valence-electron chi connectivity index (χ4n) is 1.63. The summed E-state index contributed by atoms with van der Waals surface area (Å²) in [7, 11) is 0. The van der Waals surface area contributed by atoms with Crippen molar-refractivity contribution in [2.75, 3.05) is 6.54 Å². The molecule has 1 fully saturated rings. The number of aromatic nitrogens is 1. The summed E-state index contributed by atoms with van der Waals surface area (Å²) in [5, 5.41) is 2.89. The molecule has 0 saturated heterocycles. The van der Waals surface area contributed by atoms with Crippen LogP contribution in [0.25, 0.3) is 0 Å². The molecule has 1 unspecified atom stereocenters. The van der Waals surface area contributed by atoms with Crippen molar-refractivity contribution in [1.82, 2.24) is 10.3 Å². The quantitative estimate of drug-likeness (QED) is 0.754. The molecule has 0 aromatic carbocycles. The van der Waals surface area contributed by atoms with Crippen molar-refractivity contribution in [1.29, 1.82) is 0 Å². The van der Waals surface area contributed by atoms with Gasteiger partial charge in [0.25, 0.3) is 5.91 Å². The Bertz CT molecular complexity index is 357. The molecular weight excluding hydrogens is 194 g/mol. The van der Waals surface area contributed by atoms with Crippen molar-refractivity contribution in [2.24, 2.45) is 11.7 Å². The summed E-state index contributed by atoms with van der Waals surface area (Å²) in [6.07, 6.45) is 3.58. The van der Waals surface area contributed by atoms with Crippen LogP contribution in [0.3, 0.4) is 0 Å². The molecule has 1 atom stereocenters. The van der Waals surface area contributed by atoms with Crippen LogP contribution in [0.5, 0.6) is 0 Å². The van der Waals surface area contributed by atoms with Gasteiger partial charge < -0.3 is 15.5 Å². The third-order valence-corrected chi connectivity index (χ3v) is 2.72. The molecule has 1 heterocycles. The molecule has 5 nitrogen and oxygen atoms in total. The normalized spacial score (nSPS) is 17.5. The van der Waals surface area contributed by atoms with Crippen molar-refractivity contribution in [3.05, 3.63) is 17.8 Å². The zero-order valence-electron chi connectivity index (χ0n) is 8.69. The SMILES string of the molecule is Cc1ocnc1C(=O)NC(CN)C1CC1. The smallest absolute Gasteiger partial charge is 0.273 e. The molecule has 1 aromatic rings. The summed E-state index contributed by atoms with van der Waals surface area (Å²) in [5.74, 6) is 0.897. The molecule has 15 heavy (non-hydrogen) atoms. The Morgan fingerprint density at radius 3 is 3.00 bits per heavy atom. The van der Waals surface area contributed by atoms with Gasteiger partial charge in [-0.1, -0.05) is 0 Å². The first-order valence-electron chi connectivity index (χ1n) is 5.13. The molecule has 82 valence electrons. The zero-order valence-corrected chi connectivity index (χ0v) is 8.69. The third-order valence-electron chi connectivity index (χ3n) is 2.72. The first-order chi connectivity index (χ1) is 7.22. The molecule has 1 aromatic heterocycles. The summed E-state index contributed by atoms with van der Waals surface area (Å²) >= 11 is 0. The van der Waals surface area contributed by atoms with Gasteiger partial charge in [0.05, 0.1) is 0 Å². The zero-order chi connectivity index (χ0) is 10.8. The average Bonchev–Trinajstić information content (AvgIpc) is 2.97. The molecule has 0 radical (unpaired) electrons. The number of nitrogens with one attached hydrogen (secondary N) is 1. The number of aryl methyl sites for hydroxylation is 1. The minimum atomic E-state index is -0.191. The average molecular weight is 209 g/mol. The monoisotopic (exact) mass is 209 g/mol. The number of hydrogen-bond donors (Lipinski definition) is 2. The highest BCUT2D eigenvalue weighted by atomic mass is 16.3. The minimum Gasteiger partial charge on any atom is -0.448 e. The van der Waals surface area contributed by atoms with Gasteiger partial charge >= 0.3 is 0 Å². The van der Waals surface area contributed by atoms with Crippen molar-refractivity contribution < 1.29 is 9.21 Å². The van der Waals surface area contributed by atoms with Gasteiger partial charge in [-0.05, 0) is 25.7 Å². The summed E-state index contributed by atoms with van der Waals surface area (Å²) in [6.45, 7) is 2.20. The van der Waals surface area contributed by atoms with Crippen molar-refractivity contribution >= 4 is 5.91 Å². The highest BCUT2D eigenvalue weighted by Crippen LogP contribution is 2.32. The Morgan fingerprint density at radius 1 is 1.80 bits per heavy atom. The van der Waals surface area contributed by atoms with Gasteiger partial charge in [-0.2, -0.15) is 0 Å². The van der Waals surface area contributed by atoms with Gasteiger partial charge in [-0.25, -0.2) is 4.98 Å². The number of oxazole rings is 1. The predicted octanol–water partition coefficient (Wildman–Crippen LogP) is 0.450. The van der Waals surface area contributed by atoms with Crippen LogP contribution in [0, 0.1) is 12.8 Å². The number of carbonyl (C=O) groups excluding carboxylic acids is 1. The van der Waals surface area contributed by atoms with Gasteiger partial charge in [0.15, 0.2) is 12.1 Å². The Kier molecular flexibility index (Phi) is 2.73. The molecule has 0 spiro atoms. The first kappa shape index (κ1) is 10.2. The van der Waals surface area contributed by atoms with E-state index in [1.54, 1.807) is 6.92 Å². The molecule has 2 rings (SSSR count). The lowest BCUT2D eigenvalue weighted by molar-refractivity contribution is 0.0927.